The summed E-state index contributed by atoms with van der Waals surface area (Å²) in [7, 11) is 0. The van der Waals surface area contributed by atoms with Crippen LogP contribution in [0.1, 0.15) is 73.6 Å². The summed E-state index contributed by atoms with van der Waals surface area (Å²) in [5, 5.41) is 0. The van der Waals surface area contributed by atoms with Crippen molar-refractivity contribution < 1.29 is 23.9 Å². The molecule has 1 aliphatic heterocycles. The fourth-order valence-corrected chi connectivity index (χ4v) is 8.83. The summed E-state index contributed by atoms with van der Waals surface area (Å²) in [4.78, 5) is 38.2. The Balaban J connectivity index is 1.60. The Bertz CT molecular complexity index is 963. The van der Waals surface area contributed by atoms with Gasteiger partial charge in [0.05, 0.1) is 6.10 Å². The van der Waals surface area contributed by atoms with Crippen molar-refractivity contribution in [3.63, 3.8) is 0 Å². The molecule has 5 rings (SSSR count). The molecule has 9 atom stereocenters. The zero-order valence-electron chi connectivity index (χ0n) is 20.2. The molecule has 3 saturated carbocycles. The number of carbonyl (C=O) groups excluding carboxylic acids is 3. The van der Waals surface area contributed by atoms with Crippen LogP contribution in [0.4, 0.5) is 0 Å². The van der Waals surface area contributed by atoms with Gasteiger partial charge in [-0.1, -0.05) is 39.3 Å². The summed E-state index contributed by atoms with van der Waals surface area (Å²) in [5.41, 5.74) is -1.00. The van der Waals surface area contributed by atoms with E-state index in [9.17, 15) is 14.4 Å². The number of Topliss-reactive ketones (excluding diaryl/α,β-unsaturated/α-hetero) is 1. The van der Waals surface area contributed by atoms with Crippen LogP contribution in [0.2, 0.25) is 0 Å². The number of rotatable bonds is 4. The van der Waals surface area contributed by atoms with Crippen molar-refractivity contribution in [2.24, 2.45) is 34.5 Å². The molecule has 32 heavy (non-hydrogen) atoms. The second-order valence-corrected chi connectivity index (χ2v) is 11.6. The summed E-state index contributed by atoms with van der Waals surface area (Å²) in [6.07, 6.45) is 9.12. The SMILES string of the molecule is CCCC(=O)O[C@]1(C(C)=O)[C@@H](C)C[C@H]2[C@@H]3C[C@H](C)C4=CC(=O)C=C[C@]4(C)C34O[C@H]4C[C@@]21C. The average molecular weight is 441 g/mol. The average Bonchev–Trinajstić information content (AvgIpc) is 3.39. The molecule has 1 spiro atoms. The van der Waals surface area contributed by atoms with Crippen LogP contribution in [0, 0.1) is 34.5 Å². The maximum absolute atomic E-state index is 13.3. The first-order valence-corrected chi connectivity index (χ1v) is 12.3. The van der Waals surface area contributed by atoms with E-state index in [-0.39, 0.29) is 58.3 Å². The Morgan fingerprint density at radius 1 is 1.19 bits per heavy atom. The summed E-state index contributed by atoms with van der Waals surface area (Å²) in [5.74, 6) is 0.469. The first-order chi connectivity index (χ1) is 15.0. The summed E-state index contributed by atoms with van der Waals surface area (Å²) in [6, 6.07) is 0. The van der Waals surface area contributed by atoms with E-state index >= 15 is 0 Å². The Labute approximate surface area is 191 Å². The van der Waals surface area contributed by atoms with Gasteiger partial charge in [-0.25, -0.2) is 0 Å². The smallest absolute Gasteiger partial charge is 0.306 e. The van der Waals surface area contributed by atoms with E-state index in [0.29, 0.717) is 19.3 Å². The second-order valence-electron chi connectivity index (χ2n) is 11.6. The topological polar surface area (TPSA) is 73.0 Å². The molecule has 5 nitrogen and oxygen atoms in total. The standard InChI is InChI=1S/C27H36O5/c1-7-8-23(30)32-26(17(4)28)16(3)12-20-21-11-15(2)19-13-18(29)9-10-24(19,5)27(21)22(31-27)14-25(20,26)6/h9-10,13,15-16,20-22H,7-8,11-12,14H2,1-6H3/t15-,16-,20-,21-,22-,24-,25-,26-,27?/m0/s1. The highest BCUT2D eigenvalue weighted by molar-refractivity contribution is 6.01. The highest BCUT2D eigenvalue weighted by Crippen LogP contribution is 2.77. The van der Waals surface area contributed by atoms with Gasteiger partial charge in [-0.05, 0) is 69.4 Å². The van der Waals surface area contributed by atoms with Gasteiger partial charge in [0.15, 0.2) is 17.2 Å². The molecule has 0 bridgehead atoms. The molecule has 1 unspecified atom stereocenters. The lowest BCUT2D eigenvalue weighted by Gasteiger charge is -2.57. The predicted octanol–water partition coefficient (Wildman–Crippen LogP) is 4.59. The third kappa shape index (κ3) is 2.36. The van der Waals surface area contributed by atoms with Crippen molar-refractivity contribution in [2.75, 3.05) is 0 Å². The molecule has 0 aromatic rings. The maximum atomic E-state index is 13.3. The van der Waals surface area contributed by atoms with Crippen LogP contribution in [-0.2, 0) is 23.9 Å². The number of allylic oxidation sites excluding steroid dienone is 2. The molecule has 5 aliphatic rings. The number of hydrogen-bond donors (Lipinski definition) is 0. The van der Waals surface area contributed by atoms with Gasteiger partial charge in [-0.3, -0.25) is 14.4 Å². The molecule has 0 aromatic heterocycles. The molecule has 0 aromatic carbocycles. The van der Waals surface area contributed by atoms with Crippen molar-refractivity contribution >= 4 is 17.5 Å². The first kappa shape index (κ1) is 22.1. The van der Waals surface area contributed by atoms with Gasteiger partial charge in [0, 0.05) is 23.2 Å². The van der Waals surface area contributed by atoms with Crippen LogP contribution in [0.5, 0.6) is 0 Å². The summed E-state index contributed by atoms with van der Waals surface area (Å²) < 4.78 is 12.8. The van der Waals surface area contributed by atoms with E-state index in [1.165, 1.54) is 5.57 Å². The molecular formula is C27H36O5. The van der Waals surface area contributed by atoms with Crippen molar-refractivity contribution in [1.29, 1.82) is 0 Å². The highest BCUT2D eigenvalue weighted by atomic mass is 16.6. The van der Waals surface area contributed by atoms with E-state index < -0.39 is 11.0 Å². The van der Waals surface area contributed by atoms with Crippen molar-refractivity contribution in [3.8, 4) is 0 Å². The molecule has 0 amide bonds. The zero-order chi connectivity index (χ0) is 23.3. The number of ketones is 2. The van der Waals surface area contributed by atoms with Gasteiger partial charge in [0.1, 0.15) is 5.60 Å². The van der Waals surface area contributed by atoms with Gasteiger partial charge in [0.2, 0.25) is 0 Å². The van der Waals surface area contributed by atoms with E-state index in [1.807, 2.05) is 13.0 Å². The van der Waals surface area contributed by atoms with Crippen LogP contribution >= 0.6 is 0 Å². The highest BCUT2D eigenvalue weighted by Gasteiger charge is 2.83. The lowest BCUT2D eigenvalue weighted by Crippen LogP contribution is -2.63. The molecule has 1 heterocycles. The van der Waals surface area contributed by atoms with Crippen molar-refractivity contribution in [3.05, 3.63) is 23.8 Å². The zero-order valence-corrected chi connectivity index (χ0v) is 20.2. The number of ether oxygens (including phenoxy) is 2. The fourth-order valence-electron chi connectivity index (χ4n) is 8.83. The molecule has 0 radical (unpaired) electrons. The Kier molecular flexibility index (Phi) is 4.58. The van der Waals surface area contributed by atoms with E-state index in [0.717, 1.165) is 12.8 Å². The lowest BCUT2D eigenvalue weighted by atomic mass is 9.45. The largest absolute Gasteiger partial charge is 0.450 e. The number of esters is 1. The molecular weight excluding hydrogens is 404 g/mol. The second kappa shape index (κ2) is 6.65. The predicted molar refractivity (Wildman–Crippen MR) is 120 cm³/mol. The molecule has 5 heteroatoms. The Morgan fingerprint density at radius 2 is 1.91 bits per heavy atom. The quantitative estimate of drug-likeness (QED) is 0.472. The molecule has 4 aliphatic carbocycles. The van der Waals surface area contributed by atoms with Crippen LogP contribution in [0.25, 0.3) is 0 Å². The van der Waals surface area contributed by atoms with Gasteiger partial charge in [-0.2, -0.15) is 0 Å². The normalized spacial score (nSPS) is 50.5. The molecule has 1 saturated heterocycles. The molecule has 174 valence electrons. The minimum absolute atomic E-state index is 0.00130. The van der Waals surface area contributed by atoms with E-state index in [4.69, 9.17) is 9.47 Å². The number of hydrogen-bond acceptors (Lipinski definition) is 5. The Hall–Kier alpha value is -1.75. The third-order valence-electron chi connectivity index (χ3n) is 10.1. The van der Waals surface area contributed by atoms with E-state index in [1.54, 1.807) is 13.0 Å². The summed E-state index contributed by atoms with van der Waals surface area (Å²) >= 11 is 0. The first-order valence-electron chi connectivity index (χ1n) is 12.3. The van der Waals surface area contributed by atoms with Gasteiger partial charge >= 0.3 is 5.97 Å². The number of carbonyl (C=O) groups is 3. The minimum Gasteiger partial charge on any atom is -0.450 e. The monoisotopic (exact) mass is 440 g/mol. The van der Waals surface area contributed by atoms with Gasteiger partial charge in [-0.15, -0.1) is 0 Å². The van der Waals surface area contributed by atoms with Crippen LogP contribution in [-0.4, -0.2) is 34.8 Å². The van der Waals surface area contributed by atoms with Crippen molar-refractivity contribution in [2.45, 2.75) is 91.0 Å². The third-order valence-corrected chi connectivity index (χ3v) is 10.1. The lowest BCUT2D eigenvalue weighted by molar-refractivity contribution is -0.191. The number of fused-ring (bicyclic) bond motifs is 3. The maximum Gasteiger partial charge on any atom is 0.306 e. The fraction of sp³-hybridized carbons (Fsp3) is 0.741. The van der Waals surface area contributed by atoms with Gasteiger partial charge < -0.3 is 9.47 Å². The van der Waals surface area contributed by atoms with Crippen LogP contribution < -0.4 is 0 Å². The Morgan fingerprint density at radius 3 is 2.56 bits per heavy atom. The van der Waals surface area contributed by atoms with Crippen molar-refractivity contribution in [1.82, 2.24) is 0 Å². The number of epoxide rings is 1. The van der Waals surface area contributed by atoms with Crippen LogP contribution in [0.15, 0.2) is 23.8 Å². The summed E-state index contributed by atoms with van der Waals surface area (Å²) in [6.45, 7) is 12.2. The van der Waals surface area contributed by atoms with Crippen LogP contribution in [0.3, 0.4) is 0 Å². The molecule has 4 fully saturated rings. The molecule has 0 N–H and O–H groups in total. The van der Waals surface area contributed by atoms with E-state index in [2.05, 4.69) is 33.8 Å². The van der Waals surface area contributed by atoms with Gasteiger partial charge in [0.25, 0.3) is 0 Å². The minimum atomic E-state index is -1.10.